The number of benzene rings is 1. The fourth-order valence-electron chi connectivity index (χ4n) is 3.31. The van der Waals surface area contributed by atoms with Crippen LogP contribution in [0, 0.1) is 11.8 Å². The quantitative estimate of drug-likeness (QED) is 0.567. The Morgan fingerprint density at radius 3 is 2.65 bits per heavy atom. The van der Waals surface area contributed by atoms with Gasteiger partial charge in [0.1, 0.15) is 0 Å². The first-order valence-corrected chi connectivity index (χ1v) is 9.57. The molecule has 0 N–H and O–H groups in total. The molecule has 0 unspecified atom stereocenters. The molecule has 134 valence electrons. The van der Waals surface area contributed by atoms with Crippen molar-refractivity contribution in [3.8, 4) is 11.3 Å². The number of nitrogens with zero attached hydrogens (tertiary/aromatic N) is 3. The third-order valence-electron chi connectivity index (χ3n) is 5.15. The summed E-state index contributed by atoms with van der Waals surface area (Å²) in [6, 6.07) is 9.94. The van der Waals surface area contributed by atoms with Crippen molar-refractivity contribution in [2.24, 2.45) is 11.8 Å². The van der Waals surface area contributed by atoms with Gasteiger partial charge < -0.3 is 0 Å². The predicted octanol–water partition coefficient (Wildman–Crippen LogP) is 4.97. The number of hydrogen-bond donors (Lipinski definition) is 0. The van der Waals surface area contributed by atoms with E-state index in [4.69, 9.17) is 0 Å². The van der Waals surface area contributed by atoms with Gasteiger partial charge in [0.25, 0.3) is 0 Å². The minimum Gasteiger partial charge on any atom is -0.294 e. The lowest BCUT2D eigenvalue weighted by molar-refractivity contribution is 0.0976. The smallest absolute Gasteiger partial charge is 0.163 e. The van der Waals surface area contributed by atoms with E-state index in [-0.39, 0.29) is 5.78 Å². The molecular weight excluding hydrogens is 322 g/mol. The molecule has 2 aromatic heterocycles. The molecule has 0 bridgehead atoms. The van der Waals surface area contributed by atoms with Crippen molar-refractivity contribution in [2.75, 3.05) is 0 Å². The summed E-state index contributed by atoms with van der Waals surface area (Å²) in [6.45, 7) is 4.48. The summed E-state index contributed by atoms with van der Waals surface area (Å²) in [4.78, 5) is 16.9. The first-order valence-electron chi connectivity index (χ1n) is 9.57. The van der Waals surface area contributed by atoms with Crippen molar-refractivity contribution in [1.82, 2.24) is 14.6 Å². The Kier molecular flexibility index (Phi) is 4.58. The molecule has 26 heavy (non-hydrogen) atoms. The maximum Gasteiger partial charge on any atom is 0.163 e. The van der Waals surface area contributed by atoms with E-state index in [0.29, 0.717) is 18.3 Å². The van der Waals surface area contributed by atoms with Gasteiger partial charge in [-0.05, 0) is 49.1 Å². The van der Waals surface area contributed by atoms with Crippen LogP contribution in [-0.2, 0) is 6.42 Å². The number of ketones is 1. The molecule has 1 aliphatic carbocycles. The Labute approximate surface area is 154 Å². The second-order valence-electron chi connectivity index (χ2n) is 7.82. The monoisotopic (exact) mass is 347 g/mol. The van der Waals surface area contributed by atoms with Crippen LogP contribution in [0.4, 0.5) is 0 Å². The number of aromatic nitrogens is 3. The summed E-state index contributed by atoms with van der Waals surface area (Å²) in [5.41, 5.74) is 4.97. The SMILES string of the molecule is CC(C)CCc1ccnn2c(-c3ccc(C(=O)CC4CC4)cc3)cnc12. The summed E-state index contributed by atoms with van der Waals surface area (Å²) < 4.78 is 1.91. The van der Waals surface area contributed by atoms with Gasteiger partial charge in [-0.25, -0.2) is 9.50 Å². The van der Waals surface area contributed by atoms with Crippen LogP contribution in [0.2, 0.25) is 0 Å². The van der Waals surface area contributed by atoms with Crippen molar-refractivity contribution in [2.45, 2.75) is 46.0 Å². The number of fused-ring (bicyclic) bond motifs is 1. The van der Waals surface area contributed by atoms with Gasteiger partial charge in [0.2, 0.25) is 0 Å². The fraction of sp³-hybridized carbons (Fsp3) is 0.409. The largest absolute Gasteiger partial charge is 0.294 e. The van der Waals surface area contributed by atoms with Crippen LogP contribution in [0.3, 0.4) is 0 Å². The van der Waals surface area contributed by atoms with Crippen molar-refractivity contribution in [3.05, 3.63) is 53.9 Å². The van der Waals surface area contributed by atoms with Gasteiger partial charge in [0.15, 0.2) is 11.4 Å². The number of imidazole rings is 1. The zero-order valence-electron chi connectivity index (χ0n) is 15.5. The van der Waals surface area contributed by atoms with Gasteiger partial charge in [-0.1, -0.05) is 38.1 Å². The number of Topliss-reactive ketones (excluding diaryl/α,β-unsaturated/α-hetero) is 1. The molecule has 1 aromatic carbocycles. The van der Waals surface area contributed by atoms with Gasteiger partial charge in [0.05, 0.1) is 11.9 Å². The Morgan fingerprint density at radius 1 is 1.19 bits per heavy atom. The van der Waals surface area contributed by atoms with Crippen LogP contribution < -0.4 is 0 Å². The topological polar surface area (TPSA) is 47.3 Å². The van der Waals surface area contributed by atoms with E-state index in [1.807, 2.05) is 41.2 Å². The highest BCUT2D eigenvalue weighted by Gasteiger charge is 2.24. The van der Waals surface area contributed by atoms with Crippen LogP contribution in [0.1, 0.15) is 55.5 Å². The number of carbonyl (C=O) groups excluding carboxylic acids is 1. The van der Waals surface area contributed by atoms with E-state index >= 15 is 0 Å². The number of aryl methyl sites for hydroxylation is 1. The molecule has 4 nitrogen and oxygen atoms in total. The molecule has 1 aliphatic rings. The molecule has 0 aliphatic heterocycles. The number of hydrogen-bond acceptors (Lipinski definition) is 3. The second-order valence-corrected chi connectivity index (χ2v) is 7.82. The van der Waals surface area contributed by atoms with Crippen LogP contribution in [0.5, 0.6) is 0 Å². The van der Waals surface area contributed by atoms with E-state index in [9.17, 15) is 4.79 Å². The van der Waals surface area contributed by atoms with E-state index in [2.05, 4.69) is 30.0 Å². The van der Waals surface area contributed by atoms with Crippen molar-refractivity contribution >= 4 is 11.4 Å². The van der Waals surface area contributed by atoms with Crippen molar-refractivity contribution in [1.29, 1.82) is 0 Å². The summed E-state index contributed by atoms with van der Waals surface area (Å²) in [5, 5.41) is 4.50. The van der Waals surface area contributed by atoms with Gasteiger partial charge in [0, 0.05) is 23.7 Å². The van der Waals surface area contributed by atoms with Crippen molar-refractivity contribution in [3.63, 3.8) is 0 Å². The zero-order valence-corrected chi connectivity index (χ0v) is 15.5. The molecule has 2 heterocycles. The third-order valence-corrected chi connectivity index (χ3v) is 5.15. The molecule has 4 heteroatoms. The van der Waals surface area contributed by atoms with E-state index in [1.54, 1.807) is 0 Å². The Bertz CT molecular complexity index is 920. The molecule has 1 fully saturated rings. The predicted molar refractivity (Wildman–Crippen MR) is 103 cm³/mol. The minimum absolute atomic E-state index is 0.256. The molecule has 0 spiro atoms. The maximum atomic E-state index is 12.2. The molecule has 0 radical (unpaired) electrons. The van der Waals surface area contributed by atoms with Crippen LogP contribution in [-0.4, -0.2) is 20.4 Å². The normalized spacial score (nSPS) is 14.3. The van der Waals surface area contributed by atoms with Gasteiger partial charge in [-0.15, -0.1) is 0 Å². The summed E-state index contributed by atoms with van der Waals surface area (Å²) >= 11 is 0. The third kappa shape index (κ3) is 3.55. The minimum atomic E-state index is 0.256. The molecule has 3 aromatic rings. The average Bonchev–Trinajstić information content (AvgIpc) is 3.35. The number of rotatable bonds is 7. The molecule has 4 rings (SSSR count). The molecule has 0 atom stereocenters. The molecule has 0 amide bonds. The molecular formula is C22H25N3O. The van der Waals surface area contributed by atoms with Crippen LogP contribution in [0.15, 0.2) is 42.7 Å². The lowest BCUT2D eigenvalue weighted by Gasteiger charge is -2.07. The highest BCUT2D eigenvalue weighted by Crippen LogP contribution is 2.33. The second kappa shape index (κ2) is 7.02. The molecule has 0 saturated heterocycles. The van der Waals surface area contributed by atoms with E-state index in [1.165, 1.54) is 18.4 Å². The van der Waals surface area contributed by atoms with Gasteiger partial charge in [-0.2, -0.15) is 5.10 Å². The van der Waals surface area contributed by atoms with E-state index < -0.39 is 0 Å². The summed E-state index contributed by atoms with van der Waals surface area (Å²) in [5.74, 6) is 1.54. The Morgan fingerprint density at radius 2 is 1.96 bits per heavy atom. The highest BCUT2D eigenvalue weighted by atomic mass is 16.1. The lowest BCUT2D eigenvalue weighted by Crippen LogP contribution is -2.01. The summed E-state index contributed by atoms with van der Waals surface area (Å²) in [7, 11) is 0. The first kappa shape index (κ1) is 17.0. The van der Waals surface area contributed by atoms with Gasteiger partial charge in [-0.3, -0.25) is 4.79 Å². The maximum absolute atomic E-state index is 12.2. The average molecular weight is 347 g/mol. The fourth-order valence-corrected chi connectivity index (χ4v) is 3.31. The standard InChI is InChI=1S/C22H25N3O/c1-15(2)3-6-19-11-12-24-25-20(14-23-22(19)25)17-7-9-18(10-8-17)21(26)13-16-4-5-16/h7-12,14-16H,3-6,13H2,1-2H3. The first-order chi connectivity index (χ1) is 12.6. The van der Waals surface area contributed by atoms with E-state index in [0.717, 1.165) is 35.3 Å². The highest BCUT2D eigenvalue weighted by molar-refractivity contribution is 5.96. The van der Waals surface area contributed by atoms with Gasteiger partial charge >= 0.3 is 0 Å². The Hall–Kier alpha value is -2.49. The lowest BCUT2D eigenvalue weighted by atomic mass is 10.0. The Balaban J connectivity index is 1.60. The molecule has 1 saturated carbocycles. The number of carbonyl (C=O) groups is 1. The van der Waals surface area contributed by atoms with Crippen LogP contribution >= 0.6 is 0 Å². The summed E-state index contributed by atoms with van der Waals surface area (Å²) in [6.07, 6.45) is 8.97. The van der Waals surface area contributed by atoms with Crippen molar-refractivity contribution < 1.29 is 4.79 Å². The zero-order chi connectivity index (χ0) is 18.1. The van der Waals surface area contributed by atoms with Crippen LogP contribution in [0.25, 0.3) is 16.9 Å².